The number of alkyl halides is 2. The van der Waals surface area contributed by atoms with E-state index in [1.807, 2.05) is 18.2 Å². The molecule has 0 radical (unpaired) electrons. The fourth-order valence-corrected chi connectivity index (χ4v) is 2.83. The number of nitrogens with two attached hydrogens (primary N) is 1. The summed E-state index contributed by atoms with van der Waals surface area (Å²) in [5.41, 5.74) is 9.46. The molecule has 0 unspecified atom stereocenters. The minimum atomic E-state index is -2.81. The summed E-state index contributed by atoms with van der Waals surface area (Å²) in [5, 5.41) is 0. The third-order valence-electron chi connectivity index (χ3n) is 3.81. The lowest BCUT2D eigenvalue weighted by Crippen LogP contribution is -2.07. The molecule has 2 aromatic carbocycles. The van der Waals surface area contributed by atoms with Crippen molar-refractivity contribution in [1.29, 1.82) is 0 Å². The highest BCUT2D eigenvalue weighted by Crippen LogP contribution is 2.25. The van der Waals surface area contributed by atoms with Crippen LogP contribution in [0.15, 0.2) is 42.5 Å². The molecular formula is C18H19F2N3O. The lowest BCUT2D eigenvalue weighted by atomic mass is 10.1. The van der Waals surface area contributed by atoms with Crippen LogP contribution in [0.1, 0.15) is 31.3 Å². The molecule has 3 rings (SSSR count). The molecule has 126 valence electrons. The van der Waals surface area contributed by atoms with Gasteiger partial charge in [0.05, 0.1) is 11.0 Å². The Morgan fingerprint density at radius 3 is 2.46 bits per heavy atom. The van der Waals surface area contributed by atoms with Gasteiger partial charge in [-0.3, -0.25) is 0 Å². The summed E-state index contributed by atoms with van der Waals surface area (Å²) in [6, 6.07) is 12.5. The largest absolute Gasteiger partial charge is 0.435 e. The van der Waals surface area contributed by atoms with E-state index in [0.29, 0.717) is 12.1 Å². The molecule has 1 heterocycles. The maximum atomic E-state index is 12.2. The first-order valence-corrected chi connectivity index (χ1v) is 7.74. The van der Waals surface area contributed by atoms with Crippen LogP contribution in [-0.4, -0.2) is 16.2 Å². The second-order valence-corrected chi connectivity index (χ2v) is 5.94. The molecule has 0 spiro atoms. The highest BCUT2D eigenvalue weighted by molar-refractivity contribution is 5.80. The third-order valence-corrected chi connectivity index (χ3v) is 3.81. The number of hydrogen-bond acceptors (Lipinski definition) is 3. The van der Waals surface area contributed by atoms with Crippen LogP contribution in [0.2, 0.25) is 0 Å². The van der Waals surface area contributed by atoms with Crippen LogP contribution < -0.4 is 10.5 Å². The van der Waals surface area contributed by atoms with Gasteiger partial charge in [0.2, 0.25) is 0 Å². The van der Waals surface area contributed by atoms with Gasteiger partial charge in [-0.05, 0) is 49.7 Å². The first-order chi connectivity index (χ1) is 11.4. The van der Waals surface area contributed by atoms with Gasteiger partial charge in [0.1, 0.15) is 11.6 Å². The second kappa shape index (κ2) is 6.47. The van der Waals surface area contributed by atoms with E-state index in [1.54, 1.807) is 24.3 Å². The predicted molar refractivity (Wildman–Crippen MR) is 90.4 cm³/mol. The highest BCUT2D eigenvalue weighted by Gasteiger charge is 2.14. The third kappa shape index (κ3) is 3.32. The van der Waals surface area contributed by atoms with Crippen LogP contribution in [0, 0.1) is 0 Å². The van der Waals surface area contributed by atoms with Gasteiger partial charge < -0.3 is 15.0 Å². The smallest absolute Gasteiger partial charge is 0.387 e. The zero-order valence-electron chi connectivity index (χ0n) is 13.5. The Balaban J connectivity index is 1.93. The molecule has 0 aliphatic heterocycles. The van der Waals surface area contributed by atoms with Crippen molar-refractivity contribution < 1.29 is 13.5 Å². The van der Waals surface area contributed by atoms with E-state index in [9.17, 15) is 8.78 Å². The van der Waals surface area contributed by atoms with Crippen LogP contribution in [0.4, 0.5) is 14.5 Å². The van der Waals surface area contributed by atoms with E-state index in [-0.39, 0.29) is 11.8 Å². The Kier molecular flexibility index (Phi) is 4.38. The van der Waals surface area contributed by atoms with Crippen LogP contribution in [-0.2, 0) is 6.42 Å². The number of nitrogens with zero attached hydrogens (tertiary/aromatic N) is 2. The first kappa shape index (κ1) is 16.2. The summed E-state index contributed by atoms with van der Waals surface area (Å²) in [7, 11) is 0. The van der Waals surface area contributed by atoms with E-state index in [0.717, 1.165) is 22.4 Å². The maximum absolute atomic E-state index is 12.2. The number of halogens is 2. The highest BCUT2D eigenvalue weighted by atomic mass is 19.3. The quantitative estimate of drug-likeness (QED) is 0.705. The molecule has 0 saturated carbocycles. The topological polar surface area (TPSA) is 53.1 Å². The molecule has 4 nitrogen and oxygen atoms in total. The zero-order valence-corrected chi connectivity index (χ0v) is 13.5. The maximum Gasteiger partial charge on any atom is 0.387 e. The number of hydrogen-bond donors (Lipinski definition) is 1. The summed E-state index contributed by atoms with van der Waals surface area (Å²) in [4.78, 5) is 4.70. The predicted octanol–water partition coefficient (Wildman–Crippen LogP) is 4.39. The monoisotopic (exact) mass is 331 g/mol. The van der Waals surface area contributed by atoms with E-state index in [1.165, 1.54) is 0 Å². The lowest BCUT2D eigenvalue weighted by Gasteiger charge is -2.13. The molecule has 0 bridgehead atoms. The lowest BCUT2D eigenvalue weighted by molar-refractivity contribution is -0.0498. The molecule has 6 heteroatoms. The van der Waals surface area contributed by atoms with Crippen LogP contribution >= 0.6 is 0 Å². The van der Waals surface area contributed by atoms with Crippen molar-refractivity contribution in [3.63, 3.8) is 0 Å². The van der Waals surface area contributed by atoms with E-state index in [4.69, 9.17) is 10.7 Å². The van der Waals surface area contributed by atoms with Crippen molar-refractivity contribution in [2.45, 2.75) is 32.9 Å². The Morgan fingerprint density at radius 2 is 1.83 bits per heavy atom. The molecule has 0 amide bonds. The summed E-state index contributed by atoms with van der Waals surface area (Å²) < 4.78 is 31.0. The van der Waals surface area contributed by atoms with Crippen LogP contribution in [0.3, 0.4) is 0 Å². The minimum absolute atomic E-state index is 0.152. The Labute approximate surface area is 138 Å². The Hall–Kier alpha value is -2.63. The van der Waals surface area contributed by atoms with Gasteiger partial charge in [-0.2, -0.15) is 8.78 Å². The van der Waals surface area contributed by atoms with E-state index < -0.39 is 6.61 Å². The van der Waals surface area contributed by atoms with Gasteiger partial charge in [-0.25, -0.2) is 4.98 Å². The number of rotatable bonds is 5. The average Bonchev–Trinajstić information content (AvgIpc) is 2.86. The second-order valence-electron chi connectivity index (χ2n) is 5.94. The fraction of sp³-hybridized carbons (Fsp3) is 0.278. The molecule has 2 N–H and O–H groups in total. The molecule has 3 aromatic rings. The van der Waals surface area contributed by atoms with Crippen LogP contribution in [0.25, 0.3) is 11.0 Å². The molecule has 0 atom stereocenters. The number of anilines is 1. The van der Waals surface area contributed by atoms with Gasteiger partial charge in [0.15, 0.2) is 0 Å². The standard InChI is InChI=1S/C18H19F2N3O/c1-11(2)23-16-10-13(21)5-8-15(16)22-17(23)9-12-3-6-14(7-4-12)24-18(19)20/h3-8,10-11,18H,9,21H2,1-2H3. The van der Waals surface area contributed by atoms with Gasteiger partial charge in [-0.1, -0.05) is 12.1 Å². The molecule has 1 aromatic heterocycles. The Bertz CT molecular complexity index is 841. The number of ether oxygens (including phenoxy) is 1. The minimum Gasteiger partial charge on any atom is -0.435 e. The number of nitrogen functional groups attached to an aromatic ring is 1. The van der Waals surface area contributed by atoms with Gasteiger partial charge >= 0.3 is 6.61 Å². The normalized spacial score (nSPS) is 11.6. The van der Waals surface area contributed by atoms with Crippen molar-refractivity contribution in [3.05, 3.63) is 53.9 Å². The molecular weight excluding hydrogens is 312 g/mol. The summed E-state index contributed by atoms with van der Waals surface area (Å²) in [5.74, 6) is 1.06. The first-order valence-electron chi connectivity index (χ1n) is 7.74. The summed E-state index contributed by atoms with van der Waals surface area (Å²) in [6.45, 7) is 1.37. The van der Waals surface area contributed by atoms with Crippen molar-refractivity contribution in [2.75, 3.05) is 5.73 Å². The van der Waals surface area contributed by atoms with Crippen LogP contribution in [0.5, 0.6) is 5.75 Å². The molecule has 0 fully saturated rings. The SMILES string of the molecule is CC(C)n1c(Cc2ccc(OC(F)F)cc2)nc2ccc(N)cc21. The van der Waals surface area contributed by atoms with Gasteiger partial charge in [-0.15, -0.1) is 0 Å². The van der Waals surface area contributed by atoms with Crippen molar-refractivity contribution in [3.8, 4) is 5.75 Å². The van der Waals surface area contributed by atoms with E-state index >= 15 is 0 Å². The number of fused-ring (bicyclic) bond motifs is 1. The summed E-state index contributed by atoms with van der Waals surface area (Å²) in [6.07, 6.45) is 0.599. The average molecular weight is 331 g/mol. The number of benzene rings is 2. The summed E-state index contributed by atoms with van der Waals surface area (Å²) >= 11 is 0. The zero-order chi connectivity index (χ0) is 17.3. The molecule has 0 aliphatic carbocycles. The van der Waals surface area contributed by atoms with Crippen molar-refractivity contribution in [1.82, 2.24) is 9.55 Å². The molecule has 0 aliphatic rings. The molecule has 24 heavy (non-hydrogen) atoms. The van der Waals surface area contributed by atoms with Gasteiger partial charge in [0.25, 0.3) is 0 Å². The Morgan fingerprint density at radius 1 is 1.12 bits per heavy atom. The van der Waals surface area contributed by atoms with Crippen molar-refractivity contribution in [2.24, 2.45) is 0 Å². The number of imidazole rings is 1. The number of aromatic nitrogens is 2. The van der Waals surface area contributed by atoms with E-state index in [2.05, 4.69) is 23.2 Å². The fourth-order valence-electron chi connectivity index (χ4n) is 2.83. The van der Waals surface area contributed by atoms with Gasteiger partial charge in [0, 0.05) is 18.2 Å². The van der Waals surface area contributed by atoms with Crippen molar-refractivity contribution >= 4 is 16.7 Å². The molecule has 0 saturated heterocycles.